The lowest BCUT2D eigenvalue weighted by molar-refractivity contribution is 0.0924. The van der Waals surface area contributed by atoms with E-state index in [4.69, 9.17) is 22.5 Å². The first kappa shape index (κ1) is 34.5. The van der Waals surface area contributed by atoms with E-state index in [1.807, 2.05) is 61.2 Å². The Morgan fingerprint density at radius 2 is 1.00 bits per heavy atom. The molecule has 11 heteroatoms. The largest absolute Gasteiger partial charge is 0.507 e. The molecule has 0 aliphatic rings. The molecular formula is C26H50O8P2Si. The molecule has 0 saturated carbocycles. The van der Waals surface area contributed by atoms with Crippen molar-refractivity contribution in [2.45, 2.75) is 105 Å². The average Bonchev–Trinajstić information content (AvgIpc) is 2.70. The molecule has 1 rings (SSSR count). The van der Waals surface area contributed by atoms with Crippen LogP contribution >= 0.6 is 15.2 Å². The molecule has 0 spiro atoms. The molecule has 37 heavy (non-hydrogen) atoms. The van der Waals surface area contributed by atoms with Gasteiger partial charge in [-0.3, -0.25) is 9.13 Å². The van der Waals surface area contributed by atoms with E-state index in [1.165, 1.54) is 0 Å². The number of hydrogen-bond acceptors (Lipinski definition) is 8. The molecule has 1 aromatic carbocycles. The predicted octanol–water partition coefficient (Wildman–Crippen LogP) is 8.48. The van der Waals surface area contributed by atoms with Crippen LogP contribution in [0.5, 0.6) is 5.75 Å². The minimum atomic E-state index is -4.40. The van der Waals surface area contributed by atoms with E-state index >= 15 is 0 Å². The Hall–Kier alpha value is -0.503. The third kappa shape index (κ3) is 7.37. The van der Waals surface area contributed by atoms with Crippen molar-refractivity contribution in [1.82, 2.24) is 0 Å². The summed E-state index contributed by atoms with van der Waals surface area (Å²) in [4.78, 5) is 0. The van der Waals surface area contributed by atoms with Crippen molar-refractivity contribution >= 4 is 23.5 Å². The lowest BCUT2D eigenvalue weighted by atomic mass is 9.78. The summed E-state index contributed by atoms with van der Waals surface area (Å²) in [6.07, 6.45) is 0. The highest BCUT2D eigenvalue weighted by atomic mass is 31.2. The molecule has 1 N–H and O–H groups in total. The molecule has 0 aromatic heterocycles. The smallest absolute Gasteiger partial charge is 0.378 e. The maximum absolute atomic E-state index is 15.0. The van der Waals surface area contributed by atoms with Gasteiger partial charge in [0.15, 0.2) is 8.32 Å². The Balaban J connectivity index is 4.62. The van der Waals surface area contributed by atoms with Gasteiger partial charge in [0.2, 0.25) is 0 Å². The average molecular weight is 581 g/mol. The molecule has 0 radical (unpaired) electrons. The van der Waals surface area contributed by atoms with Crippen molar-refractivity contribution in [3.05, 3.63) is 28.8 Å². The second-order valence-corrected chi connectivity index (χ2v) is 21.0. The van der Waals surface area contributed by atoms with Crippen LogP contribution in [-0.2, 0) is 47.6 Å². The van der Waals surface area contributed by atoms with Gasteiger partial charge in [0.05, 0.1) is 26.4 Å². The van der Waals surface area contributed by atoms with E-state index in [-0.39, 0.29) is 37.7 Å². The molecular weight excluding hydrogens is 530 g/mol. The van der Waals surface area contributed by atoms with Crippen LogP contribution in [0.4, 0.5) is 0 Å². The van der Waals surface area contributed by atoms with Gasteiger partial charge >= 0.3 is 15.2 Å². The van der Waals surface area contributed by atoms with E-state index in [9.17, 15) is 14.2 Å². The molecule has 8 nitrogen and oxygen atoms in total. The molecule has 1 aromatic rings. The van der Waals surface area contributed by atoms with Crippen LogP contribution in [0.25, 0.3) is 0 Å². The highest BCUT2D eigenvalue weighted by Gasteiger charge is 2.69. The van der Waals surface area contributed by atoms with E-state index in [1.54, 1.807) is 39.8 Å². The normalized spacial score (nSPS) is 14.3. The first-order valence-corrected chi connectivity index (χ1v) is 19.6. The fraction of sp³-hybridized carbons (Fsp3) is 0.769. The zero-order valence-electron chi connectivity index (χ0n) is 25.2. The minimum Gasteiger partial charge on any atom is -0.507 e. The molecule has 0 atom stereocenters. The zero-order valence-corrected chi connectivity index (χ0v) is 28.0. The summed E-state index contributed by atoms with van der Waals surface area (Å²) in [6.45, 7) is 24.3. The van der Waals surface area contributed by atoms with Gasteiger partial charge in [-0.2, -0.15) is 0 Å². The van der Waals surface area contributed by atoms with Crippen LogP contribution in [-0.4, -0.2) is 39.9 Å². The molecule has 0 fully saturated rings. The zero-order chi connectivity index (χ0) is 29.1. The van der Waals surface area contributed by atoms with Crippen LogP contribution in [0.3, 0.4) is 0 Å². The SMILES string of the molecule is CCOP(=O)(OCC)C(O[Si](C)(C)C)(c1cc(C(C)(C)C)c(O)c(C(C)(C)C)c1)P(=O)(OCC)OCC. The van der Waals surface area contributed by atoms with Crippen molar-refractivity contribution in [3.8, 4) is 5.75 Å². The van der Waals surface area contributed by atoms with Crippen LogP contribution in [0.15, 0.2) is 12.1 Å². The van der Waals surface area contributed by atoms with Crippen LogP contribution < -0.4 is 0 Å². The monoisotopic (exact) mass is 580 g/mol. The second kappa shape index (κ2) is 12.3. The highest BCUT2D eigenvalue weighted by molar-refractivity contribution is 7.73. The fourth-order valence-corrected chi connectivity index (χ4v) is 12.6. The molecule has 0 bridgehead atoms. The van der Waals surface area contributed by atoms with Crippen LogP contribution in [0.1, 0.15) is 85.9 Å². The summed E-state index contributed by atoms with van der Waals surface area (Å²) in [6, 6.07) is 3.39. The van der Waals surface area contributed by atoms with Crippen molar-refractivity contribution in [2.24, 2.45) is 0 Å². The number of benzene rings is 1. The number of phenolic OH excluding ortho intramolecular Hbond substituents is 1. The third-order valence-electron chi connectivity index (χ3n) is 5.49. The van der Waals surface area contributed by atoms with E-state index in [0.717, 1.165) is 0 Å². The van der Waals surface area contributed by atoms with Crippen LogP contribution in [0, 0.1) is 0 Å². The van der Waals surface area contributed by atoms with Crippen LogP contribution in [0.2, 0.25) is 19.6 Å². The number of rotatable bonds is 13. The molecule has 0 aliphatic carbocycles. The topological polar surface area (TPSA) is 101 Å². The van der Waals surface area contributed by atoms with Crippen molar-refractivity contribution < 1.29 is 36.8 Å². The Morgan fingerprint density at radius 3 is 1.22 bits per heavy atom. The third-order valence-corrected chi connectivity index (χ3v) is 12.8. The summed E-state index contributed by atoms with van der Waals surface area (Å²) < 4.78 is 60.3. The number of aromatic hydroxyl groups is 1. The molecule has 0 amide bonds. The Kier molecular flexibility index (Phi) is 11.5. The highest BCUT2D eigenvalue weighted by Crippen LogP contribution is 2.83. The van der Waals surface area contributed by atoms with E-state index in [2.05, 4.69) is 0 Å². The summed E-state index contributed by atoms with van der Waals surface area (Å²) in [5, 5.41) is 9.18. The summed E-state index contributed by atoms with van der Waals surface area (Å²) in [5.74, 6) is 0.121. The lowest BCUT2D eigenvalue weighted by Gasteiger charge is -2.46. The number of hydrogen-bond donors (Lipinski definition) is 1. The summed E-state index contributed by atoms with van der Waals surface area (Å²) >= 11 is 0. The maximum atomic E-state index is 15.0. The number of phenols is 1. The first-order valence-electron chi connectivity index (χ1n) is 13.1. The van der Waals surface area contributed by atoms with E-state index < -0.39 is 39.4 Å². The molecule has 0 aliphatic heterocycles. The maximum Gasteiger partial charge on any atom is 0.378 e. The molecule has 0 heterocycles. The van der Waals surface area contributed by atoms with Gasteiger partial charge in [0.25, 0.3) is 5.08 Å². The van der Waals surface area contributed by atoms with Crippen molar-refractivity contribution in [1.29, 1.82) is 0 Å². The molecule has 0 unspecified atom stereocenters. The quantitative estimate of drug-likeness (QED) is 0.183. The van der Waals surface area contributed by atoms with E-state index in [0.29, 0.717) is 11.1 Å². The first-order chi connectivity index (χ1) is 16.7. The Labute approximate surface area is 226 Å². The second-order valence-electron chi connectivity index (χ2n) is 11.9. The Morgan fingerprint density at radius 1 is 0.703 bits per heavy atom. The van der Waals surface area contributed by atoms with Gasteiger partial charge in [-0.05, 0) is 81.4 Å². The standard InChI is InChI=1S/C26H50O8P2Si/c1-14-30-35(28,31-15-2)26(34-37(11,12)13,36(29,32-16-3)33-17-4)20-18-21(24(5,6)7)23(27)22(19-20)25(8,9)10/h18-19,27H,14-17H2,1-13H3. The van der Waals surface area contributed by atoms with Gasteiger partial charge in [0, 0.05) is 5.56 Å². The van der Waals surface area contributed by atoms with Gasteiger partial charge in [-0.15, -0.1) is 0 Å². The van der Waals surface area contributed by atoms with Crippen molar-refractivity contribution in [2.75, 3.05) is 26.4 Å². The van der Waals surface area contributed by atoms with Gasteiger partial charge in [-0.1, -0.05) is 41.5 Å². The minimum absolute atomic E-state index is 0.0165. The van der Waals surface area contributed by atoms with Crippen molar-refractivity contribution in [3.63, 3.8) is 0 Å². The Bertz CT molecular complexity index is 920. The van der Waals surface area contributed by atoms with Gasteiger partial charge in [0.1, 0.15) is 5.75 Å². The summed E-state index contributed by atoms with van der Waals surface area (Å²) in [7, 11) is -11.5. The molecule has 216 valence electrons. The fourth-order valence-electron chi connectivity index (χ4n) is 4.13. The lowest BCUT2D eigenvalue weighted by Crippen LogP contribution is -2.43. The van der Waals surface area contributed by atoms with Gasteiger partial charge < -0.3 is 27.6 Å². The van der Waals surface area contributed by atoms with Gasteiger partial charge in [-0.25, -0.2) is 0 Å². The molecule has 0 saturated heterocycles. The predicted molar refractivity (Wildman–Crippen MR) is 153 cm³/mol. The summed E-state index contributed by atoms with van der Waals surface area (Å²) in [5.41, 5.74) is 0.397.